The van der Waals surface area contributed by atoms with Crippen LogP contribution in [0.3, 0.4) is 0 Å². The first-order valence-electron chi connectivity index (χ1n) is 9.39. The number of carbonyl (C=O) groups excluding carboxylic acids is 1. The highest BCUT2D eigenvalue weighted by Gasteiger charge is 2.43. The molecule has 0 spiro atoms. The zero-order valence-electron chi connectivity index (χ0n) is 15.4. The molecule has 2 aliphatic rings. The summed E-state index contributed by atoms with van der Waals surface area (Å²) in [7, 11) is 0. The highest BCUT2D eigenvalue weighted by molar-refractivity contribution is 6.21. The van der Waals surface area contributed by atoms with Crippen molar-refractivity contribution in [3.05, 3.63) is 119 Å². The average molecular weight is 382 g/mol. The lowest BCUT2D eigenvalue weighted by molar-refractivity contribution is 0.0480. The number of hydrogen-bond acceptors (Lipinski definition) is 1. The van der Waals surface area contributed by atoms with Crippen LogP contribution in [0.15, 0.2) is 97.1 Å². The van der Waals surface area contributed by atoms with Gasteiger partial charge in [0.15, 0.2) is 5.78 Å². The van der Waals surface area contributed by atoms with Gasteiger partial charge in [0.2, 0.25) is 0 Å². The first kappa shape index (κ1) is 17.5. The van der Waals surface area contributed by atoms with E-state index >= 15 is 0 Å². The Bertz CT molecular complexity index is 1160. The second-order valence-electron chi connectivity index (χ2n) is 7.09. The van der Waals surface area contributed by atoms with Crippen molar-refractivity contribution >= 4 is 5.78 Å². The second-order valence-corrected chi connectivity index (χ2v) is 7.09. The van der Waals surface area contributed by atoms with E-state index < -0.39 is 5.92 Å². The number of fused-ring (bicyclic) bond motifs is 6. The van der Waals surface area contributed by atoms with Gasteiger partial charge >= 0.3 is 0 Å². The zero-order valence-corrected chi connectivity index (χ0v) is 15.4. The predicted octanol–water partition coefficient (Wildman–Crippen LogP) is 6.71. The van der Waals surface area contributed by atoms with Crippen molar-refractivity contribution < 1.29 is 13.6 Å². The molecule has 2 aliphatic carbocycles. The molecule has 3 heteroatoms. The fourth-order valence-corrected chi connectivity index (χ4v) is 4.11. The smallest absolute Gasteiger partial charge is 0.289 e. The Morgan fingerprint density at radius 2 is 0.759 bits per heavy atom. The number of carbonyl (C=O) groups is 1. The van der Waals surface area contributed by atoms with Crippen molar-refractivity contribution in [1.82, 2.24) is 0 Å². The Morgan fingerprint density at radius 3 is 1.17 bits per heavy atom. The second kappa shape index (κ2) is 6.49. The van der Waals surface area contributed by atoms with Crippen molar-refractivity contribution in [2.24, 2.45) is 0 Å². The van der Waals surface area contributed by atoms with Gasteiger partial charge in [-0.05, 0) is 22.3 Å². The summed E-state index contributed by atoms with van der Waals surface area (Å²) in [6.07, 6.45) is 0. The molecule has 0 saturated carbocycles. The maximum Gasteiger partial charge on any atom is 0.299 e. The molecule has 4 aromatic rings. The summed E-state index contributed by atoms with van der Waals surface area (Å²) in [6, 6.07) is 28.9. The van der Waals surface area contributed by atoms with Crippen LogP contribution >= 0.6 is 0 Å². The highest BCUT2D eigenvalue weighted by atomic mass is 19.3. The molecule has 0 bridgehead atoms. The lowest BCUT2D eigenvalue weighted by Gasteiger charge is -2.11. The van der Waals surface area contributed by atoms with Crippen LogP contribution in [-0.4, -0.2) is 5.78 Å². The predicted molar refractivity (Wildman–Crippen MR) is 110 cm³/mol. The molecule has 29 heavy (non-hydrogen) atoms. The van der Waals surface area contributed by atoms with E-state index in [1.165, 1.54) is 12.1 Å². The number of hydrogen-bond donors (Lipinski definition) is 0. The largest absolute Gasteiger partial charge is 0.299 e. The van der Waals surface area contributed by atoms with Crippen LogP contribution in [0.25, 0.3) is 22.3 Å². The maximum atomic E-state index is 13.9. The number of halogens is 2. The Hall–Kier alpha value is -3.59. The summed E-state index contributed by atoms with van der Waals surface area (Å²) in [5.41, 5.74) is 5.32. The summed E-state index contributed by atoms with van der Waals surface area (Å²) in [6.45, 7) is 0. The molecule has 0 aromatic heterocycles. The summed E-state index contributed by atoms with van der Waals surface area (Å²) in [5, 5.41) is 0. The van der Waals surface area contributed by atoms with Crippen LogP contribution in [0.1, 0.15) is 27.0 Å². The Kier molecular flexibility index (Phi) is 3.92. The van der Waals surface area contributed by atoms with Gasteiger partial charge in [-0.3, -0.25) is 4.79 Å². The van der Waals surface area contributed by atoms with Gasteiger partial charge in [-0.2, -0.15) is 8.78 Å². The van der Waals surface area contributed by atoms with Crippen LogP contribution in [0.4, 0.5) is 8.78 Å². The number of ketones is 1. The Labute approximate surface area is 167 Å². The molecule has 140 valence electrons. The van der Waals surface area contributed by atoms with Gasteiger partial charge < -0.3 is 0 Å². The van der Waals surface area contributed by atoms with E-state index in [-0.39, 0.29) is 16.9 Å². The molecule has 0 fully saturated rings. The monoisotopic (exact) mass is 382 g/mol. The summed E-state index contributed by atoms with van der Waals surface area (Å²) >= 11 is 0. The molecule has 0 radical (unpaired) electrons. The minimum Gasteiger partial charge on any atom is -0.289 e. The van der Waals surface area contributed by atoms with Gasteiger partial charge in [0.1, 0.15) is 0 Å². The van der Waals surface area contributed by atoms with Crippen LogP contribution < -0.4 is 0 Å². The van der Waals surface area contributed by atoms with Crippen LogP contribution in [0, 0.1) is 0 Å². The van der Waals surface area contributed by atoms with Gasteiger partial charge in [-0.25, -0.2) is 0 Å². The molecular weight excluding hydrogens is 366 g/mol. The van der Waals surface area contributed by atoms with E-state index in [4.69, 9.17) is 0 Å². The normalized spacial score (nSPS) is 14.2. The van der Waals surface area contributed by atoms with Gasteiger partial charge in [0.25, 0.3) is 5.92 Å². The molecule has 0 saturated heterocycles. The van der Waals surface area contributed by atoms with Gasteiger partial charge in [0, 0.05) is 22.3 Å². The third-order valence-corrected chi connectivity index (χ3v) is 5.45. The zero-order chi connectivity index (χ0) is 20.0. The van der Waals surface area contributed by atoms with E-state index in [9.17, 15) is 13.6 Å². The van der Waals surface area contributed by atoms with Crippen molar-refractivity contribution in [2.75, 3.05) is 0 Å². The highest BCUT2D eigenvalue weighted by Crippen LogP contribution is 2.50. The third kappa shape index (κ3) is 2.62. The van der Waals surface area contributed by atoms with Gasteiger partial charge in [-0.1, -0.05) is 97.1 Å². The number of benzene rings is 4. The Morgan fingerprint density at radius 1 is 0.448 bits per heavy atom. The van der Waals surface area contributed by atoms with Crippen molar-refractivity contribution in [1.29, 1.82) is 0 Å². The van der Waals surface area contributed by atoms with Crippen molar-refractivity contribution in [3.8, 4) is 22.3 Å². The topological polar surface area (TPSA) is 17.1 Å². The molecule has 0 atom stereocenters. The van der Waals surface area contributed by atoms with Crippen LogP contribution in [-0.2, 0) is 5.92 Å². The van der Waals surface area contributed by atoms with E-state index in [1.807, 2.05) is 48.5 Å². The lowest BCUT2D eigenvalue weighted by Crippen LogP contribution is -2.10. The van der Waals surface area contributed by atoms with E-state index in [0.717, 1.165) is 22.3 Å². The molecule has 6 rings (SSSR count). The summed E-state index contributed by atoms with van der Waals surface area (Å²) < 4.78 is 27.9. The minimum absolute atomic E-state index is 0.117. The average Bonchev–Trinajstić information content (AvgIpc) is 3.19. The van der Waals surface area contributed by atoms with Crippen molar-refractivity contribution in [3.63, 3.8) is 0 Å². The molecule has 4 aromatic carbocycles. The fourth-order valence-electron chi connectivity index (χ4n) is 4.11. The molecule has 0 N–H and O–H groups in total. The van der Waals surface area contributed by atoms with E-state index in [0.29, 0.717) is 11.1 Å². The first-order chi connectivity index (χ1) is 14.1. The minimum atomic E-state index is -2.84. The lowest BCUT2D eigenvalue weighted by atomic mass is 10.1. The number of alkyl halides is 2. The van der Waals surface area contributed by atoms with Gasteiger partial charge in [0.05, 0.1) is 0 Å². The third-order valence-electron chi connectivity index (χ3n) is 5.45. The summed E-state index contributed by atoms with van der Waals surface area (Å²) in [5.74, 6) is -2.69. The molecular formula is C26H16F2O. The van der Waals surface area contributed by atoms with E-state index in [1.54, 1.807) is 36.4 Å². The molecule has 0 heterocycles. The van der Waals surface area contributed by atoms with E-state index in [2.05, 4.69) is 0 Å². The van der Waals surface area contributed by atoms with Gasteiger partial charge in [-0.15, -0.1) is 0 Å². The van der Waals surface area contributed by atoms with Crippen LogP contribution in [0.5, 0.6) is 0 Å². The summed E-state index contributed by atoms with van der Waals surface area (Å²) in [4.78, 5) is 11.9. The molecule has 0 unspecified atom stereocenters. The van der Waals surface area contributed by atoms with Crippen molar-refractivity contribution in [2.45, 2.75) is 5.92 Å². The number of rotatable bonds is 0. The first-order valence-corrected chi connectivity index (χ1v) is 9.39. The van der Waals surface area contributed by atoms with Crippen LogP contribution in [0.2, 0.25) is 0 Å². The standard InChI is InChI=1S/C13H8F2.C13H8O/c14-13(15)11-7-3-1-5-9(11)10-6-2-4-8-12(10)13;14-13-11-7-3-1-5-9(11)10-6-2-4-8-12(10)13/h1-8H;1-8H. The molecule has 0 aliphatic heterocycles. The Balaban J connectivity index is 0.000000125. The molecule has 1 nitrogen and oxygen atoms in total. The maximum absolute atomic E-state index is 13.9. The molecule has 0 amide bonds. The SMILES string of the molecule is FC1(F)c2ccccc2-c2ccccc21.O=C1c2ccccc2-c2ccccc21. The quantitative estimate of drug-likeness (QED) is 0.291. The fraction of sp³-hybridized carbons (Fsp3) is 0.0385.